The van der Waals surface area contributed by atoms with Crippen LogP contribution in [0.5, 0.6) is 0 Å². The van der Waals surface area contributed by atoms with Crippen LogP contribution in [-0.2, 0) is 0 Å². The van der Waals surface area contributed by atoms with E-state index in [1.807, 2.05) is 4.90 Å². The molecule has 0 N–H and O–H groups in total. The second-order valence-electron chi connectivity index (χ2n) is 4.10. The molecule has 1 amide bonds. The zero-order valence-electron chi connectivity index (χ0n) is 9.40. The summed E-state index contributed by atoms with van der Waals surface area (Å²) in [5.41, 5.74) is 1.07. The number of amides is 1. The number of nitrogens with zero attached hydrogens (tertiary/aromatic N) is 1. The maximum atomic E-state index is 12.1. The third-order valence-corrected chi connectivity index (χ3v) is 2.93. The van der Waals surface area contributed by atoms with Crippen molar-refractivity contribution in [2.24, 2.45) is 0 Å². The van der Waals surface area contributed by atoms with Crippen molar-refractivity contribution in [2.75, 3.05) is 13.1 Å². The molecular formula is C13H15NO2. The molecule has 1 heterocycles. The van der Waals surface area contributed by atoms with E-state index in [9.17, 15) is 9.59 Å². The van der Waals surface area contributed by atoms with Crippen molar-refractivity contribution in [1.82, 2.24) is 4.90 Å². The minimum atomic E-state index is -0.0526. The summed E-state index contributed by atoms with van der Waals surface area (Å²) in [5.74, 6) is -0.0635. The van der Waals surface area contributed by atoms with Crippen molar-refractivity contribution < 1.29 is 9.59 Å². The molecule has 16 heavy (non-hydrogen) atoms. The van der Waals surface area contributed by atoms with Gasteiger partial charge in [-0.2, -0.15) is 0 Å². The average molecular weight is 217 g/mol. The number of Topliss-reactive ketones (excluding diaryl/α,β-unsaturated/α-hetero) is 1. The van der Waals surface area contributed by atoms with E-state index < -0.39 is 0 Å². The van der Waals surface area contributed by atoms with E-state index in [-0.39, 0.29) is 11.7 Å². The van der Waals surface area contributed by atoms with E-state index in [2.05, 4.69) is 0 Å². The van der Waals surface area contributed by atoms with Crippen LogP contribution in [0, 0.1) is 0 Å². The molecule has 1 aliphatic rings. The highest BCUT2D eigenvalue weighted by Gasteiger charge is 2.22. The molecule has 3 heteroatoms. The molecule has 2 rings (SSSR count). The van der Waals surface area contributed by atoms with Crippen molar-refractivity contribution in [2.45, 2.75) is 19.8 Å². The standard InChI is InChI=1S/C13H15NO2/c1-10(15)11-6-2-3-7-12(11)13(16)14-8-4-5-9-14/h2-3,6-7H,4-5,8-9H2,1H3. The van der Waals surface area contributed by atoms with Crippen molar-refractivity contribution in [3.05, 3.63) is 35.4 Å². The summed E-state index contributed by atoms with van der Waals surface area (Å²) in [6.07, 6.45) is 2.13. The van der Waals surface area contributed by atoms with Crippen LogP contribution in [0.15, 0.2) is 24.3 Å². The van der Waals surface area contributed by atoms with Gasteiger partial charge in [0.25, 0.3) is 5.91 Å². The molecule has 1 aromatic carbocycles. The maximum absolute atomic E-state index is 12.1. The molecule has 0 unspecified atom stereocenters. The first-order chi connectivity index (χ1) is 7.70. The molecule has 1 saturated heterocycles. The summed E-state index contributed by atoms with van der Waals surface area (Å²) >= 11 is 0. The fourth-order valence-electron chi connectivity index (χ4n) is 2.07. The Morgan fingerprint density at radius 2 is 1.62 bits per heavy atom. The van der Waals surface area contributed by atoms with E-state index in [0.717, 1.165) is 25.9 Å². The lowest BCUT2D eigenvalue weighted by molar-refractivity contribution is 0.0787. The van der Waals surface area contributed by atoms with Crippen LogP contribution < -0.4 is 0 Å². The maximum Gasteiger partial charge on any atom is 0.254 e. The summed E-state index contributed by atoms with van der Waals surface area (Å²) in [7, 11) is 0. The van der Waals surface area contributed by atoms with E-state index in [1.165, 1.54) is 6.92 Å². The number of carbonyl (C=O) groups is 2. The van der Waals surface area contributed by atoms with E-state index in [1.54, 1.807) is 24.3 Å². The highest BCUT2D eigenvalue weighted by atomic mass is 16.2. The van der Waals surface area contributed by atoms with Crippen molar-refractivity contribution >= 4 is 11.7 Å². The van der Waals surface area contributed by atoms with Crippen LogP contribution in [0.3, 0.4) is 0 Å². The Hall–Kier alpha value is -1.64. The normalized spacial score (nSPS) is 15.2. The van der Waals surface area contributed by atoms with Crippen LogP contribution in [0.1, 0.15) is 40.5 Å². The Bertz CT molecular complexity index is 420. The first-order valence-corrected chi connectivity index (χ1v) is 5.59. The van der Waals surface area contributed by atoms with Gasteiger partial charge in [0.05, 0.1) is 5.56 Å². The fourth-order valence-corrected chi connectivity index (χ4v) is 2.07. The minimum absolute atomic E-state index is 0.0108. The highest BCUT2D eigenvalue weighted by molar-refractivity contribution is 6.07. The van der Waals surface area contributed by atoms with Gasteiger partial charge in [-0.1, -0.05) is 18.2 Å². The SMILES string of the molecule is CC(=O)c1ccccc1C(=O)N1CCCC1. The zero-order valence-corrected chi connectivity index (χ0v) is 9.40. The van der Waals surface area contributed by atoms with Crippen LogP contribution in [0.2, 0.25) is 0 Å². The molecule has 1 fully saturated rings. The van der Waals surface area contributed by atoms with Gasteiger partial charge in [0.2, 0.25) is 0 Å². The monoisotopic (exact) mass is 217 g/mol. The van der Waals surface area contributed by atoms with Gasteiger partial charge in [-0.05, 0) is 25.8 Å². The number of ketones is 1. The van der Waals surface area contributed by atoms with Crippen molar-refractivity contribution in [1.29, 1.82) is 0 Å². The van der Waals surface area contributed by atoms with Crippen LogP contribution in [0.25, 0.3) is 0 Å². The molecule has 3 nitrogen and oxygen atoms in total. The molecule has 0 radical (unpaired) electrons. The van der Waals surface area contributed by atoms with Crippen LogP contribution >= 0.6 is 0 Å². The Kier molecular flexibility index (Phi) is 3.04. The van der Waals surface area contributed by atoms with Gasteiger partial charge in [-0.25, -0.2) is 0 Å². The van der Waals surface area contributed by atoms with Gasteiger partial charge < -0.3 is 4.90 Å². The van der Waals surface area contributed by atoms with Crippen LogP contribution in [0.4, 0.5) is 0 Å². The predicted octanol–water partition coefficient (Wildman–Crippen LogP) is 2.13. The highest BCUT2D eigenvalue weighted by Crippen LogP contribution is 2.16. The second kappa shape index (κ2) is 4.47. The molecule has 84 valence electrons. The van der Waals surface area contributed by atoms with Crippen molar-refractivity contribution in [3.8, 4) is 0 Å². The molecule has 0 atom stereocenters. The van der Waals surface area contributed by atoms with E-state index in [4.69, 9.17) is 0 Å². The van der Waals surface area contributed by atoms with Gasteiger partial charge in [0, 0.05) is 18.7 Å². The van der Waals surface area contributed by atoms with Crippen molar-refractivity contribution in [3.63, 3.8) is 0 Å². The minimum Gasteiger partial charge on any atom is -0.339 e. The lowest BCUT2D eigenvalue weighted by Crippen LogP contribution is -2.28. The van der Waals surface area contributed by atoms with Gasteiger partial charge in [0.15, 0.2) is 5.78 Å². The quantitative estimate of drug-likeness (QED) is 0.712. The first-order valence-electron chi connectivity index (χ1n) is 5.59. The molecule has 1 aromatic rings. The summed E-state index contributed by atoms with van der Waals surface area (Å²) in [4.78, 5) is 25.4. The summed E-state index contributed by atoms with van der Waals surface area (Å²) in [6.45, 7) is 3.12. The molecule has 0 bridgehead atoms. The molecule has 0 saturated carbocycles. The molecular weight excluding hydrogens is 202 g/mol. The van der Waals surface area contributed by atoms with Gasteiger partial charge in [-0.15, -0.1) is 0 Å². The summed E-state index contributed by atoms with van der Waals surface area (Å²) in [6, 6.07) is 7.04. The Balaban J connectivity index is 2.32. The number of likely N-dealkylation sites (tertiary alicyclic amines) is 1. The molecule has 0 aromatic heterocycles. The Morgan fingerprint density at radius 1 is 1.06 bits per heavy atom. The van der Waals surface area contributed by atoms with Gasteiger partial charge >= 0.3 is 0 Å². The van der Waals surface area contributed by atoms with E-state index >= 15 is 0 Å². The topological polar surface area (TPSA) is 37.4 Å². The van der Waals surface area contributed by atoms with Crippen LogP contribution in [-0.4, -0.2) is 29.7 Å². The smallest absolute Gasteiger partial charge is 0.254 e. The Morgan fingerprint density at radius 3 is 2.19 bits per heavy atom. The number of rotatable bonds is 2. The van der Waals surface area contributed by atoms with Gasteiger partial charge in [0.1, 0.15) is 0 Å². The van der Waals surface area contributed by atoms with Gasteiger partial charge in [-0.3, -0.25) is 9.59 Å². The number of hydrogen-bond acceptors (Lipinski definition) is 2. The predicted molar refractivity (Wildman–Crippen MR) is 61.6 cm³/mol. The summed E-state index contributed by atoms with van der Waals surface area (Å²) < 4.78 is 0. The molecule has 1 aliphatic heterocycles. The lowest BCUT2D eigenvalue weighted by atomic mass is 10.0. The molecule has 0 spiro atoms. The first kappa shape index (κ1) is 10.9. The lowest BCUT2D eigenvalue weighted by Gasteiger charge is -2.16. The zero-order chi connectivity index (χ0) is 11.5. The number of carbonyl (C=O) groups excluding carboxylic acids is 2. The number of benzene rings is 1. The summed E-state index contributed by atoms with van der Waals surface area (Å²) in [5, 5.41) is 0. The fraction of sp³-hybridized carbons (Fsp3) is 0.385. The average Bonchev–Trinajstić information content (AvgIpc) is 2.81. The number of hydrogen-bond donors (Lipinski definition) is 0. The molecule has 0 aliphatic carbocycles. The third kappa shape index (κ3) is 1.98. The van der Waals surface area contributed by atoms with E-state index in [0.29, 0.717) is 11.1 Å². The largest absolute Gasteiger partial charge is 0.339 e. The second-order valence-corrected chi connectivity index (χ2v) is 4.10. The third-order valence-electron chi connectivity index (χ3n) is 2.93. The Labute approximate surface area is 95.1 Å².